The number of hydrogen-bond donors (Lipinski definition) is 2. The van der Waals surface area contributed by atoms with E-state index in [0.717, 1.165) is 28.1 Å². The number of rotatable bonds is 9. The molecule has 202 valence electrons. The van der Waals surface area contributed by atoms with Crippen LogP contribution in [0.25, 0.3) is 11.1 Å². The molecule has 0 aliphatic heterocycles. The number of nitrogens with one attached hydrogen (secondary N) is 1. The van der Waals surface area contributed by atoms with E-state index in [2.05, 4.69) is 5.32 Å². The van der Waals surface area contributed by atoms with E-state index in [-0.39, 0.29) is 10.5 Å². The predicted octanol–water partition coefficient (Wildman–Crippen LogP) is 5.28. The molecule has 0 fully saturated rings. The number of carboxylic acid groups (broad SMARTS) is 1. The van der Waals surface area contributed by atoms with Crippen LogP contribution in [0.15, 0.2) is 71.6 Å². The van der Waals surface area contributed by atoms with E-state index in [1.54, 1.807) is 64.1 Å². The molecule has 0 saturated carbocycles. The number of nitrogens with zero attached hydrogens (tertiary/aromatic N) is 1. The van der Waals surface area contributed by atoms with Gasteiger partial charge in [-0.1, -0.05) is 38.1 Å². The number of amides is 1. The van der Waals surface area contributed by atoms with Gasteiger partial charge < -0.3 is 10.4 Å². The van der Waals surface area contributed by atoms with E-state index in [9.17, 15) is 31.9 Å². The van der Waals surface area contributed by atoms with E-state index in [4.69, 9.17) is 0 Å². The van der Waals surface area contributed by atoms with Crippen molar-refractivity contribution < 1.29 is 31.9 Å². The number of carbonyl (C=O) groups excluding carboxylic acids is 1. The number of sulfonamides is 1. The summed E-state index contributed by atoms with van der Waals surface area (Å²) in [4.78, 5) is 24.4. The van der Waals surface area contributed by atoms with Crippen molar-refractivity contribution in [2.75, 3.05) is 12.4 Å². The maximum atomic E-state index is 13.7. The minimum atomic E-state index is -4.03. The van der Waals surface area contributed by atoms with Gasteiger partial charge in [-0.25, -0.2) is 17.2 Å². The van der Waals surface area contributed by atoms with E-state index in [0.29, 0.717) is 11.3 Å². The van der Waals surface area contributed by atoms with Crippen LogP contribution in [0.5, 0.6) is 0 Å². The Kier molecular flexibility index (Phi) is 8.38. The molecule has 0 radical (unpaired) electrons. The van der Waals surface area contributed by atoms with Crippen molar-refractivity contribution in [1.82, 2.24) is 4.31 Å². The first-order valence-electron chi connectivity index (χ1n) is 11.8. The SMILES string of the molecule is CC(C)[C@@H](C(=O)O)N(C)S(=O)(=O)c1ccc(-c2ccc(NC(=O)C(C)(C)c3cc(F)cc(F)c3)cc2)cc1. The van der Waals surface area contributed by atoms with Crippen molar-refractivity contribution in [3.8, 4) is 11.1 Å². The fourth-order valence-corrected chi connectivity index (χ4v) is 5.52. The van der Waals surface area contributed by atoms with Crippen molar-refractivity contribution >= 4 is 27.6 Å². The lowest BCUT2D eigenvalue weighted by Gasteiger charge is -2.27. The van der Waals surface area contributed by atoms with Gasteiger partial charge in [0.15, 0.2) is 0 Å². The van der Waals surface area contributed by atoms with Crippen molar-refractivity contribution in [1.29, 1.82) is 0 Å². The van der Waals surface area contributed by atoms with Crippen LogP contribution >= 0.6 is 0 Å². The summed E-state index contributed by atoms with van der Waals surface area (Å²) in [5, 5.41) is 12.2. The number of hydrogen-bond acceptors (Lipinski definition) is 4. The number of carbonyl (C=O) groups is 2. The average molecular weight is 545 g/mol. The first kappa shape index (κ1) is 28.9. The highest BCUT2D eigenvalue weighted by atomic mass is 32.2. The molecular formula is C28H30F2N2O5S. The van der Waals surface area contributed by atoms with Crippen LogP contribution in [-0.2, 0) is 25.0 Å². The molecule has 38 heavy (non-hydrogen) atoms. The summed E-state index contributed by atoms with van der Waals surface area (Å²) in [6.07, 6.45) is 0. The van der Waals surface area contributed by atoms with Gasteiger partial charge in [-0.2, -0.15) is 4.31 Å². The summed E-state index contributed by atoms with van der Waals surface area (Å²) in [6.45, 7) is 6.42. The third-order valence-electron chi connectivity index (χ3n) is 6.44. The largest absolute Gasteiger partial charge is 0.480 e. The Hall–Kier alpha value is -3.63. The second kappa shape index (κ2) is 11.0. The highest BCUT2D eigenvalue weighted by molar-refractivity contribution is 7.89. The lowest BCUT2D eigenvalue weighted by atomic mass is 9.83. The highest BCUT2D eigenvalue weighted by Crippen LogP contribution is 2.29. The molecule has 2 N–H and O–H groups in total. The molecular weight excluding hydrogens is 514 g/mol. The van der Waals surface area contributed by atoms with Gasteiger partial charge in [0, 0.05) is 18.8 Å². The third-order valence-corrected chi connectivity index (χ3v) is 8.29. The van der Waals surface area contributed by atoms with Crippen LogP contribution in [0.3, 0.4) is 0 Å². The minimum absolute atomic E-state index is 0.0319. The van der Waals surface area contributed by atoms with Crippen LogP contribution in [0.4, 0.5) is 14.5 Å². The van der Waals surface area contributed by atoms with Gasteiger partial charge in [0.25, 0.3) is 0 Å². The molecule has 0 unspecified atom stereocenters. The third kappa shape index (κ3) is 6.08. The first-order chi connectivity index (χ1) is 17.6. The van der Waals surface area contributed by atoms with Crippen LogP contribution in [-0.4, -0.2) is 42.8 Å². The van der Waals surface area contributed by atoms with Gasteiger partial charge in [0.05, 0.1) is 10.3 Å². The minimum Gasteiger partial charge on any atom is -0.480 e. The Bertz CT molecular complexity index is 1420. The van der Waals surface area contributed by atoms with Gasteiger partial charge >= 0.3 is 5.97 Å². The van der Waals surface area contributed by atoms with Crippen molar-refractivity contribution in [2.45, 2.75) is 44.0 Å². The van der Waals surface area contributed by atoms with Gasteiger partial charge in [-0.05, 0) is 72.9 Å². The summed E-state index contributed by atoms with van der Waals surface area (Å²) in [5.41, 5.74) is 0.924. The molecule has 3 rings (SSSR count). The summed E-state index contributed by atoms with van der Waals surface area (Å²) in [6, 6.07) is 14.6. The maximum Gasteiger partial charge on any atom is 0.322 e. The number of benzene rings is 3. The maximum absolute atomic E-state index is 13.7. The Morgan fingerprint density at radius 3 is 1.82 bits per heavy atom. The molecule has 0 bridgehead atoms. The topological polar surface area (TPSA) is 104 Å². The monoisotopic (exact) mass is 544 g/mol. The van der Waals surface area contributed by atoms with Crippen molar-refractivity contribution in [2.24, 2.45) is 5.92 Å². The van der Waals surface area contributed by atoms with Gasteiger partial charge in [-0.15, -0.1) is 0 Å². The van der Waals surface area contributed by atoms with E-state index >= 15 is 0 Å². The molecule has 7 nitrogen and oxygen atoms in total. The highest BCUT2D eigenvalue weighted by Gasteiger charge is 2.35. The second-order valence-electron chi connectivity index (χ2n) is 9.89. The average Bonchev–Trinajstić information content (AvgIpc) is 2.83. The number of carboxylic acids is 1. The zero-order valence-electron chi connectivity index (χ0n) is 21.7. The lowest BCUT2D eigenvalue weighted by molar-refractivity contribution is -0.142. The normalized spacial score (nSPS) is 13.0. The van der Waals surface area contributed by atoms with Gasteiger partial charge in [0.2, 0.25) is 15.9 Å². The standard InChI is InChI=1S/C28H30F2N2O5S/c1-17(2)25(26(33)34)32(5)38(36,37)24-12-8-19(9-13-24)18-6-10-23(11-7-18)31-27(35)28(3,4)20-14-21(29)16-22(30)15-20/h6-17,25H,1-5H3,(H,31,35)(H,33,34)/t25-/m0/s1. The summed E-state index contributed by atoms with van der Waals surface area (Å²) >= 11 is 0. The molecule has 0 heterocycles. The molecule has 0 spiro atoms. The summed E-state index contributed by atoms with van der Waals surface area (Å²) < 4.78 is 54.1. The zero-order chi connectivity index (χ0) is 28.4. The fourth-order valence-electron chi connectivity index (χ4n) is 4.07. The molecule has 0 aromatic heterocycles. The van der Waals surface area contributed by atoms with Gasteiger partial charge in [0.1, 0.15) is 17.7 Å². The zero-order valence-corrected chi connectivity index (χ0v) is 22.5. The molecule has 3 aromatic rings. The van der Waals surface area contributed by atoms with Crippen LogP contribution < -0.4 is 5.32 Å². The quantitative estimate of drug-likeness (QED) is 0.382. The smallest absolute Gasteiger partial charge is 0.322 e. The lowest BCUT2D eigenvalue weighted by Crippen LogP contribution is -2.45. The Morgan fingerprint density at radius 1 is 0.895 bits per heavy atom. The molecule has 0 aliphatic carbocycles. The van der Waals surface area contributed by atoms with Gasteiger partial charge in [-0.3, -0.25) is 9.59 Å². The predicted molar refractivity (Wildman–Crippen MR) is 141 cm³/mol. The molecule has 3 aromatic carbocycles. The van der Waals surface area contributed by atoms with Crippen LogP contribution in [0.1, 0.15) is 33.3 Å². The Balaban J connectivity index is 1.76. The Morgan fingerprint density at radius 2 is 1.37 bits per heavy atom. The Labute approximate surface area is 221 Å². The number of aliphatic carboxylic acids is 1. The number of halogens is 2. The fraction of sp³-hybridized carbons (Fsp3) is 0.286. The number of anilines is 1. The first-order valence-corrected chi connectivity index (χ1v) is 13.3. The second-order valence-corrected chi connectivity index (χ2v) is 11.9. The number of likely N-dealkylation sites (N-methyl/N-ethyl adjacent to an activating group) is 1. The van der Waals surface area contributed by atoms with Crippen molar-refractivity contribution in [3.63, 3.8) is 0 Å². The van der Waals surface area contributed by atoms with E-state index in [1.165, 1.54) is 19.2 Å². The molecule has 1 amide bonds. The molecule has 1 atom stereocenters. The summed E-state index contributed by atoms with van der Waals surface area (Å²) in [7, 11) is -2.78. The van der Waals surface area contributed by atoms with Crippen LogP contribution in [0, 0.1) is 17.6 Å². The summed E-state index contributed by atoms with van der Waals surface area (Å²) in [5.74, 6) is -3.63. The van der Waals surface area contributed by atoms with E-state index < -0.39 is 50.9 Å². The van der Waals surface area contributed by atoms with E-state index in [1.807, 2.05) is 0 Å². The molecule has 0 aliphatic rings. The van der Waals surface area contributed by atoms with Crippen molar-refractivity contribution in [3.05, 3.63) is 83.9 Å². The molecule has 10 heteroatoms. The van der Waals surface area contributed by atoms with Crippen LogP contribution in [0.2, 0.25) is 0 Å². The molecule has 0 saturated heterocycles.